The monoisotopic (exact) mass is 378 g/mol. The molecule has 0 unspecified atom stereocenters. The quantitative estimate of drug-likeness (QED) is 0.448. The molecule has 0 saturated carbocycles. The van der Waals surface area contributed by atoms with E-state index in [1.165, 1.54) is 0 Å². The highest BCUT2D eigenvalue weighted by molar-refractivity contribution is 5.85. The minimum Gasteiger partial charge on any atom is -0.320 e. The second kappa shape index (κ2) is 6.01. The van der Waals surface area contributed by atoms with Crippen LogP contribution in [0.15, 0.2) is 14.4 Å². The number of anilines is 1. The van der Waals surface area contributed by atoms with E-state index in [2.05, 4.69) is 4.98 Å². The second-order valence-corrected chi connectivity index (χ2v) is 4.94. The van der Waals surface area contributed by atoms with Gasteiger partial charge in [0.2, 0.25) is 5.82 Å². The van der Waals surface area contributed by atoms with Gasteiger partial charge in [0.05, 0.1) is 4.92 Å². The number of hydrogen-bond acceptors (Lipinski definition) is 7. The summed E-state index contributed by atoms with van der Waals surface area (Å²) < 4.78 is 37.9. The molecule has 1 amide bonds. The fraction of sp³-hybridized carbons (Fsp3) is 0.273. The smallest absolute Gasteiger partial charge is 0.320 e. The van der Waals surface area contributed by atoms with Crippen molar-refractivity contribution in [3.8, 4) is 0 Å². The van der Waals surface area contributed by atoms with Crippen molar-refractivity contribution < 1.29 is 22.9 Å². The molecule has 2 rings (SSSR count). The zero-order valence-corrected chi connectivity index (χ0v) is 12.9. The van der Waals surface area contributed by atoms with Gasteiger partial charge < -0.3 is 4.98 Å². The number of hydrogen-bond donors (Lipinski definition) is 3. The molecule has 3 N–H and O–H groups in total. The summed E-state index contributed by atoms with van der Waals surface area (Å²) in [5, 5.41) is 10.4. The molecule has 0 aliphatic heterocycles. The number of H-pyrrole nitrogens is 1. The number of nitro groups is 1. The lowest BCUT2D eigenvalue weighted by molar-refractivity contribution is -0.385. The average molecular weight is 378 g/mol. The van der Waals surface area contributed by atoms with Crippen molar-refractivity contribution in [1.29, 1.82) is 0 Å². The SMILES string of the molecule is Cn1c(=O)c2c(=O)c([N+](=O)[O-])c(NNC(=O)C(F)(F)F)[nH]c2n(C)c1=O. The molecule has 0 atom stereocenters. The number of aromatic amines is 1. The highest BCUT2D eigenvalue weighted by Crippen LogP contribution is 2.20. The lowest BCUT2D eigenvalue weighted by Crippen LogP contribution is -2.42. The average Bonchev–Trinajstić information content (AvgIpc) is 2.53. The number of amides is 1. The van der Waals surface area contributed by atoms with Gasteiger partial charge in [0.15, 0.2) is 0 Å². The Morgan fingerprint density at radius 1 is 1.19 bits per heavy atom. The highest BCUT2D eigenvalue weighted by Gasteiger charge is 2.39. The molecule has 15 heteroatoms. The maximum absolute atomic E-state index is 12.3. The summed E-state index contributed by atoms with van der Waals surface area (Å²) in [6.07, 6.45) is -5.30. The molecule has 26 heavy (non-hydrogen) atoms. The van der Waals surface area contributed by atoms with Crippen molar-refractivity contribution in [3.05, 3.63) is 41.2 Å². The number of hydrazine groups is 1. The Morgan fingerprint density at radius 3 is 2.27 bits per heavy atom. The van der Waals surface area contributed by atoms with Crippen molar-refractivity contribution >= 4 is 28.4 Å². The number of fused-ring (bicyclic) bond motifs is 1. The summed E-state index contributed by atoms with van der Waals surface area (Å²) in [5.41, 5.74) is -2.61. The van der Waals surface area contributed by atoms with Gasteiger partial charge in [-0.15, -0.1) is 0 Å². The third-order valence-electron chi connectivity index (χ3n) is 3.33. The van der Waals surface area contributed by atoms with E-state index in [0.29, 0.717) is 4.57 Å². The Kier molecular flexibility index (Phi) is 4.32. The van der Waals surface area contributed by atoms with Crippen LogP contribution >= 0.6 is 0 Å². The molecule has 0 aliphatic rings. The first-order valence-electron chi connectivity index (χ1n) is 6.51. The zero-order chi connectivity index (χ0) is 20.0. The minimum atomic E-state index is -5.30. The van der Waals surface area contributed by atoms with Gasteiger partial charge in [0.25, 0.3) is 11.0 Å². The van der Waals surface area contributed by atoms with Crippen molar-refractivity contribution in [2.75, 3.05) is 5.43 Å². The van der Waals surface area contributed by atoms with Gasteiger partial charge in [-0.1, -0.05) is 0 Å². The van der Waals surface area contributed by atoms with Crippen LogP contribution in [-0.4, -0.2) is 31.1 Å². The summed E-state index contributed by atoms with van der Waals surface area (Å²) >= 11 is 0. The Labute approximate surface area is 139 Å². The van der Waals surface area contributed by atoms with Crippen LogP contribution in [0.5, 0.6) is 0 Å². The lowest BCUT2D eigenvalue weighted by Gasteiger charge is -2.12. The summed E-state index contributed by atoms with van der Waals surface area (Å²) in [5.74, 6) is -3.45. The van der Waals surface area contributed by atoms with Gasteiger partial charge in [-0.05, 0) is 0 Å². The molecule has 12 nitrogen and oxygen atoms in total. The van der Waals surface area contributed by atoms with Crippen LogP contribution in [-0.2, 0) is 18.9 Å². The number of alkyl halides is 3. The molecule has 0 aliphatic carbocycles. The van der Waals surface area contributed by atoms with Crippen LogP contribution in [0.4, 0.5) is 24.7 Å². The number of halogens is 3. The Hall–Kier alpha value is -3.65. The van der Waals surface area contributed by atoms with Crippen LogP contribution in [0.2, 0.25) is 0 Å². The second-order valence-electron chi connectivity index (χ2n) is 4.94. The van der Waals surface area contributed by atoms with Crippen molar-refractivity contribution in [2.24, 2.45) is 14.1 Å². The number of rotatable bonds is 3. The molecule has 2 aromatic rings. The van der Waals surface area contributed by atoms with Crippen molar-refractivity contribution in [3.63, 3.8) is 0 Å². The van der Waals surface area contributed by atoms with Crippen molar-refractivity contribution in [2.45, 2.75) is 6.18 Å². The molecule has 0 spiro atoms. The third kappa shape index (κ3) is 2.89. The lowest BCUT2D eigenvalue weighted by atomic mass is 10.2. The van der Waals surface area contributed by atoms with Crippen LogP contribution in [0.3, 0.4) is 0 Å². The largest absolute Gasteiger partial charge is 0.472 e. The zero-order valence-electron chi connectivity index (χ0n) is 12.9. The molecule has 0 aromatic carbocycles. The molecule has 0 fully saturated rings. The maximum atomic E-state index is 12.3. The maximum Gasteiger partial charge on any atom is 0.472 e. The molecule has 140 valence electrons. The number of nitrogens with zero attached hydrogens (tertiary/aromatic N) is 3. The molecular weight excluding hydrogens is 369 g/mol. The number of carbonyl (C=O) groups excluding carboxylic acids is 1. The van der Waals surface area contributed by atoms with E-state index in [0.717, 1.165) is 24.1 Å². The Balaban J connectivity index is 2.80. The highest BCUT2D eigenvalue weighted by atomic mass is 19.4. The molecule has 2 aromatic heterocycles. The summed E-state index contributed by atoms with van der Waals surface area (Å²) in [4.78, 5) is 59.0. The molecule has 0 radical (unpaired) electrons. The van der Waals surface area contributed by atoms with E-state index < -0.39 is 56.2 Å². The predicted octanol–water partition coefficient (Wildman–Crippen LogP) is -1.16. The van der Waals surface area contributed by atoms with Crippen LogP contribution in [0.25, 0.3) is 11.0 Å². The number of nitrogens with one attached hydrogen (secondary N) is 3. The van der Waals surface area contributed by atoms with Crippen molar-refractivity contribution in [1.82, 2.24) is 19.5 Å². The number of aryl methyl sites for hydroxylation is 1. The summed E-state index contributed by atoms with van der Waals surface area (Å²) in [6, 6.07) is 0. The summed E-state index contributed by atoms with van der Waals surface area (Å²) in [6.45, 7) is 0. The van der Waals surface area contributed by atoms with Crippen LogP contribution < -0.4 is 27.5 Å². The van der Waals surface area contributed by atoms with Gasteiger partial charge in [-0.3, -0.25) is 44.5 Å². The van der Waals surface area contributed by atoms with E-state index in [4.69, 9.17) is 0 Å². The van der Waals surface area contributed by atoms with E-state index >= 15 is 0 Å². The van der Waals surface area contributed by atoms with Crippen LogP contribution in [0, 0.1) is 10.1 Å². The normalized spacial score (nSPS) is 11.4. The van der Waals surface area contributed by atoms with E-state index in [1.54, 1.807) is 5.43 Å². The van der Waals surface area contributed by atoms with E-state index in [-0.39, 0.29) is 0 Å². The number of aromatic nitrogens is 3. The topological polar surface area (TPSA) is 161 Å². The Morgan fingerprint density at radius 2 is 1.77 bits per heavy atom. The van der Waals surface area contributed by atoms with Gasteiger partial charge in [0.1, 0.15) is 11.0 Å². The predicted molar refractivity (Wildman–Crippen MR) is 79.5 cm³/mol. The first kappa shape index (κ1) is 18.7. The van der Waals surface area contributed by atoms with Gasteiger partial charge in [-0.2, -0.15) is 13.2 Å². The third-order valence-corrected chi connectivity index (χ3v) is 3.33. The summed E-state index contributed by atoms with van der Waals surface area (Å²) in [7, 11) is 2.15. The standard InChI is InChI=1S/C11H9F3N6O6/c1-18-7-3(8(22)19(2)10(18)24)5(21)4(20(25)26)6(15-7)16-17-9(23)11(12,13)14/h1-2H3,(H,17,23)(H2,15,16,21). The van der Waals surface area contributed by atoms with Gasteiger partial charge in [-0.25, -0.2) is 4.79 Å². The number of carbonyl (C=O) groups is 1. The first-order valence-corrected chi connectivity index (χ1v) is 6.51. The van der Waals surface area contributed by atoms with E-state index in [1.807, 2.05) is 0 Å². The van der Waals surface area contributed by atoms with Gasteiger partial charge >= 0.3 is 23.5 Å². The molecule has 0 bridgehead atoms. The fourth-order valence-electron chi connectivity index (χ4n) is 2.06. The number of pyridine rings is 1. The van der Waals surface area contributed by atoms with Crippen LogP contribution in [0.1, 0.15) is 0 Å². The fourth-order valence-corrected chi connectivity index (χ4v) is 2.06. The molecule has 2 heterocycles. The van der Waals surface area contributed by atoms with Gasteiger partial charge in [0, 0.05) is 14.1 Å². The first-order chi connectivity index (χ1) is 11.9. The molecule has 0 saturated heterocycles. The van der Waals surface area contributed by atoms with E-state index in [9.17, 15) is 42.5 Å². The molecular formula is C11H9F3N6O6. The Bertz CT molecular complexity index is 1110. The minimum absolute atomic E-state index is 0.488.